The summed E-state index contributed by atoms with van der Waals surface area (Å²) in [4.78, 5) is 37.6. The van der Waals surface area contributed by atoms with E-state index in [0.717, 1.165) is 6.42 Å². The number of carbonyl (C=O) groups excluding carboxylic acids is 2. The predicted molar refractivity (Wildman–Crippen MR) is 124 cm³/mol. The van der Waals surface area contributed by atoms with Crippen molar-refractivity contribution < 1.29 is 19.2 Å². The number of unbranched alkanes of at least 4 members (excludes halogenated alkanes) is 1. The van der Waals surface area contributed by atoms with E-state index in [9.17, 15) is 25.0 Å². The predicted octanol–water partition coefficient (Wildman–Crippen LogP) is 3.46. The summed E-state index contributed by atoms with van der Waals surface area (Å²) in [7, 11) is 0. The van der Waals surface area contributed by atoms with Gasteiger partial charge >= 0.3 is 6.09 Å². The van der Waals surface area contributed by atoms with Gasteiger partial charge in [-0.1, -0.05) is 0 Å². The van der Waals surface area contributed by atoms with Crippen LogP contribution in [-0.4, -0.2) is 52.6 Å². The number of nitro groups is 1. The largest absolute Gasteiger partial charge is 0.444 e. The number of nitrogens with one attached hydrogen (secondary N) is 2. The van der Waals surface area contributed by atoms with Crippen LogP contribution in [0.25, 0.3) is 0 Å². The maximum atomic E-state index is 13.1. The van der Waals surface area contributed by atoms with Gasteiger partial charge in [-0.3, -0.25) is 14.9 Å². The van der Waals surface area contributed by atoms with Gasteiger partial charge in [-0.15, -0.1) is 0 Å². The van der Waals surface area contributed by atoms with Gasteiger partial charge in [0.15, 0.2) is 0 Å². The summed E-state index contributed by atoms with van der Waals surface area (Å²) in [5.74, 6) is -0.314. The second-order valence-electron chi connectivity index (χ2n) is 9.04. The third kappa shape index (κ3) is 7.62. The van der Waals surface area contributed by atoms with Gasteiger partial charge < -0.3 is 20.3 Å². The highest BCUT2D eigenvalue weighted by atomic mass is 16.6. The third-order valence-electron chi connectivity index (χ3n) is 5.23. The molecule has 1 heterocycles. The highest BCUT2D eigenvalue weighted by Gasteiger charge is 2.34. The van der Waals surface area contributed by atoms with Gasteiger partial charge in [0, 0.05) is 19.2 Å². The van der Waals surface area contributed by atoms with E-state index in [2.05, 4.69) is 16.7 Å². The quantitative estimate of drug-likeness (QED) is 0.315. The van der Waals surface area contributed by atoms with E-state index in [0.29, 0.717) is 44.5 Å². The lowest BCUT2D eigenvalue weighted by Crippen LogP contribution is -2.50. The van der Waals surface area contributed by atoms with Crippen molar-refractivity contribution in [3.05, 3.63) is 33.9 Å². The molecule has 2 atom stereocenters. The molecule has 0 bridgehead atoms. The second kappa shape index (κ2) is 11.8. The van der Waals surface area contributed by atoms with Crippen LogP contribution in [0.15, 0.2) is 18.2 Å². The fraction of sp³-hybridized carbons (Fsp3) is 0.565. The average molecular weight is 471 g/mol. The van der Waals surface area contributed by atoms with Crippen LogP contribution in [0.4, 0.5) is 16.2 Å². The van der Waals surface area contributed by atoms with Gasteiger partial charge in [0.25, 0.3) is 5.69 Å². The first-order valence-electron chi connectivity index (χ1n) is 11.2. The van der Waals surface area contributed by atoms with Crippen molar-refractivity contribution >= 4 is 23.4 Å². The Bertz CT molecular complexity index is 991. The minimum absolute atomic E-state index is 0.185. The Hall–Kier alpha value is -3.86. The molecule has 0 unspecified atom stereocenters. The normalized spacial score (nSPS) is 16.1. The van der Waals surface area contributed by atoms with Crippen LogP contribution in [0.3, 0.4) is 0 Å². The zero-order valence-electron chi connectivity index (χ0n) is 19.7. The van der Waals surface area contributed by atoms with Crippen LogP contribution in [0.2, 0.25) is 0 Å². The summed E-state index contributed by atoms with van der Waals surface area (Å²) in [5.41, 5.74) is -0.405. The Kier molecular flexibility index (Phi) is 9.19. The summed E-state index contributed by atoms with van der Waals surface area (Å²) < 4.78 is 5.29. The van der Waals surface area contributed by atoms with Crippen LogP contribution in [0.5, 0.6) is 0 Å². The molecular formula is C23H30N6O5. The number of likely N-dealkylation sites (tertiary alicyclic amines) is 1. The molecule has 11 nitrogen and oxygen atoms in total. The van der Waals surface area contributed by atoms with Gasteiger partial charge in [-0.05, 0) is 65.0 Å². The number of nitriles is 2. The topological polar surface area (TPSA) is 161 Å². The first kappa shape index (κ1) is 26.4. The first-order chi connectivity index (χ1) is 16.1. The van der Waals surface area contributed by atoms with Gasteiger partial charge in [0.2, 0.25) is 5.91 Å². The number of amides is 2. The SMILES string of the molecule is CC(C)(C)OC(=O)N[C@@H](CCCCNc1ccc(C#N)cc1[N+](=O)[O-])C(=O)N1CCC[C@H]1C#N. The van der Waals surface area contributed by atoms with Crippen molar-refractivity contribution in [2.75, 3.05) is 18.4 Å². The molecular weight excluding hydrogens is 440 g/mol. The molecule has 0 aliphatic carbocycles. The summed E-state index contributed by atoms with van der Waals surface area (Å²) in [5, 5.41) is 35.1. The van der Waals surface area contributed by atoms with E-state index in [1.807, 2.05) is 6.07 Å². The van der Waals surface area contributed by atoms with Crippen LogP contribution in [-0.2, 0) is 9.53 Å². The van der Waals surface area contributed by atoms with Crippen molar-refractivity contribution in [3.8, 4) is 12.1 Å². The van der Waals surface area contributed by atoms with Crippen LogP contribution < -0.4 is 10.6 Å². The summed E-state index contributed by atoms with van der Waals surface area (Å²) in [6, 6.07) is 6.86. The van der Waals surface area contributed by atoms with E-state index in [1.165, 1.54) is 23.1 Å². The van der Waals surface area contributed by atoms with Crippen LogP contribution in [0.1, 0.15) is 58.4 Å². The lowest BCUT2D eigenvalue weighted by atomic mass is 10.1. The molecule has 0 spiro atoms. The number of carbonyl (C=O) groups is 2. The Labute approximate surface area is 198 Å². The smallest absolute Gasteiger partial charge is 0.408 e. The number of nitrogens with zero attached hydrogens (tertiary/aromatic N) is 4. The molecule has 0 aromatic heterocycles. The molecule has 1 aromatic carbocycles. The lowest BCUT2D eigenvalue weighted by Gasteiger charge is -2.27. The average Bonchev–Trinajstić information content (AvgIpc) is 3.25. The number of ether oxygens (including phenoxy) is 1. The van der Waals surface area contributed by atoms with Crippen molar-refractivity contribution in [1.29, 1.82) is 10.5 Å². The van der Waals surface area contributed by atoms with E-state index >= 15 is 0 Å². The molecule has 1 fully saturated rings. The molecule has 182 valence electrons. The third-order valence-corrected chi connectivity index (χ3v) is 5.23. The van der Waals surface area contributed by atoms with Gasteiger partial charge in [-0.25, -0.2) is 4.79 Å². The molecule has 2 rings (SSSR count). The Morgan fingerprint density at radius 3 is 2.68 bits per heavy atom. The molecule has 2 N–H and O–H groups in total. The Morgan fingerprint density at radius 1 is 1.32 bits per heavy atom. The number of hydrogen-bond acceptors (Lipinski definition) is 8. The monoisotopic (exact) mass is 470 g/mol. The highest BCUT2D eigenvalue weighted by molar-refractivity contribution is 5.86. The van der Waals surface area contributed by atoms with Crippen molar-refractivity contribution in [2.24, 2.45) is 0 Å². The Morgan fingerprint density at radius 2 is 2.06 bits per heavy atom. The number of hydrogen-bond donors (Lipinski definition) is 2. The van der Waals surface area contributed by atoms with E-state index in [1.54, 1.807) is 20.8 Å². The molecule has 1 aliphatic rings. The van der Waals surface area contributed by atoms with Crippen LogP contribution in [0, 0.1) is 32.8 Å². The number of benzene rings is 1. The van der Waals surface area contributed by atoms with Crippen molar-refractivity contribution in [3.63, 3.8) is 0 Å². The molecule has 1 saturated heterocycles. The molecule has 34 heavy (non-hydrogen) atoms. The minimum Gasteiger partial charge on any atom is -0.444 e. The molecule has 1 aliphatic heterocycles. The van der Waals surface area contributed by atoms with Crippen molar-refractivity contribution in [2.45, 2.75) is 70.6 Å². The fourth-order valence-electron chi connectivity index (χ4n) is 3.67. The molecule has 1 aromatic rings. The minimum atomic E-state index is -0.840. The Balaban J connectivity index is 1.97. The number of alkyl carbamates (subject to hydrolysis) is 1. The van der Waals surface area contributed by atoms with E-state index in [4.69, 9.17) is 10.00 Å². The molecule has 0 saturated carbocycles. The molecule has 0 radical (unpaired) electrons. The number of rotatable bonds is 9. The number of anilines is 1. The van der Waals surface area contributed by atoms with Crippen molar-refractivity contribution in [1.82, 2.24) is 10.2 Å². The maximum Gasteiger partial charge on any atom is 0.408 e. The first-order valence-corrected chi connectivity index (χ1v) is 11.2. The highest BCUT2D eigenvalue weighted by Crippen LogP contribution is 2.25. The van der Waals surface area contributed by atoms with Gasteiger partial charge in [0.1, 0.15) is 23.4 Å². The molecule has 11 heteroatoms. The van der Waals surface area contributed by atoms with E-state index < -0.39 is 28.7 Å². The summed E-state index contributed by atoms with van der Waals surface area (Å²) >= 11 is 0. The lowest BCUT2D eigenvalue weighted by molar-refractivity contribution is -0.384. The van der Waals surface area contributed by atoms with Gasteiger partial charge in [-0.2, -0.15) is 10.5 Å². The summed E-state index contributed by atoms with van der Waals surface area (Å²) in [6.45, 7) is 6.04. The van der Waals surface area contributed by atoms with Crippen LogP contribution >= 0.6 is 0 Å². The zero-order chi connectivity index (χ0) is 25.3. The van der Waals surface area contributed by atoms with Gasteiger partial charge in [0.05, 0.1) is 22.6 Å². The zero-order valence-corrected chi connectivity index (χ0v) is 19.7. The summed E-state index contributed by atoms with van der Waals surface area (Å²) in [6.07, 6.45) is 2.06. The fourth-order valence-corrected chi connectivity index (χ4v) is 3.67. The van der Waals surface area contributed by atoms with E-state index in [-0.39, 0.29) is 17.2 Å². The second-order valence-corrected chi connectivity index (χ2v) is 9.04. The molecule has 2 amide bonds. The number of nitro benzene ring substituents is 1. The standard InChI is InChI=1S/C23H30N6O5/c1-23(2,3)34-22(31)27-19(21(30)28-12-6-7-17(28)15-25)8-4-5-11-26-18-10-9-16(14-24)13-20(18)29(32)33/h9-10,13,17,19,26H,4-8,11-12H2,1-3H3,(H,27,31)/t17-,19-/m0/s1. The maximum absolute atomic E-state index is 13.1.